The van der Waals surface area contributed by atoms with Crippen molar-refractivity contribution in [2.24, 2.45) is 0 Å². The van der Waals surface area contributed by atoms with Crippen LogP contribution in [0.4, 0.5) is 0 Å². The summed E-state index contributed by atoms with van der Waals surface area (Å²) in [6, 6.07) is 10.9. The van der Waals surface area contributed by atoms with Crippen LogP contribution in [-0.2, 0) is 40.8 Å². The van der Waals surface area contributed by atoms with Gasteiger partial charge in [-0.1, -0.05) is 25.1 Å². The summed E-state index contributed by atoms with van der Waals surface area (Å²) < 4.78 is 17.6. The fourth-order valence-corrected chi connectivity index (χ4v) is 4.63. The number of benzene rings is 1. The quantitative estimate of drug-likeness (QED) is 0.444. The van der Waals surface area contributed by atoms with Crippen molar-refractivity contribution in [2.45, 2.75) is 45.6 Å². The Kier molecular flexibility index (Phi) is 4.59. The Morgan fingerprint density at radius 1 is 1.18 bits per heavy atom. The molecule has 0 spiro atoms. The van der Waals surface area contributed by atoms with Gasteiger partial charge in [-0.15, -0.1) is 0 Å². The molecule has 1 aromatic carbocycles. The third kappa shape index (κ3) is 2.95. The highest BCUT2D eigenvalue weighted by Crippen LogP contribution is 2.44. The van der Waals surface area contributed by atoms with E-state index in [-0.39, 0.29) is 24.2 Å². The van der Waals surface area contributed by atoms with Gasteiger partial charge in [0, 0.05) is 30.4 Å². The number of nitrogens with zero attached hydrogens (tertiary/aromatic N) is 2. The van der Waals surface area contributed by atoms with E-state index >= 15 is 0 Å². The normalized spacial score (nSPS) is 20.5. The molecule has 3 aromatic rings. The first-order valence-electron chi connectivity index (χ1n) is 10.5. The van der Waals surface area contributed by atoms with E-state index in [9.17, 15) is 19.2 Å². The second-order valence-corrected chi connectivity index (χ2v) is 8.03. The Labute approximate surface area is 187 Å². The lowest BCUT2D eigenvalue weighted by Crippen LogP contribution is -2.47. The number of esters is 3. The van der Waals surface area contributed by atoms with Gasteiger partial charge in [0.25, 0.3) is 5.56 Å². The summed E-state index contributed by atoms with van der Waals surface area (Å²) in [5, 5.41) is 0.820. The topological polar surface area (TPSA) is 114 Å². The maximum Gasteiger partial charge on any atom is 0.355 e. The first-order chi connectivity index (χ1) is 15.8. The molecule has 0 aliphatic carbocycles. The number of aromatic nitrogens is 2. The number of carbonyl (C=O) groups is 3. The molecule has 5 rings (SSSR count). The third-order valence-electron chi connectivity index (χ3n) is 6.05. The summed E-state index contributed by atoms with van der Waals surface area (Å²) >= 11 is 0. The van der Waals surface area contributed by atoms with E-state index in [1.165, 1.54) is 18.4 Å². The zero-order valence-corrected chi connectivity index (χ0v) is 18.2. The fraction of sp³-hybridized carbons (Fsp3) is 0.292. The van der Waals surface area contributed by atoms with Gasteiger partial charge in [0.2, 0.25) is 11.8 Å². The van der Waals surface area contributed by atoms with Crippen molar-refractivity contribution in [2.75, 3.05) is 0 Å². The van der Waals surface area contributed by atoms with Gasteiger partial charge in [0.05, 0.1) is 22.5 Å². The van der Waals surface area contributed by atoms with Gasteiger partial charge in [-0.25, -0.2) is 9.78 Å². The average Bonchev–Trinajstić information content (AvgIpc) is 3.06. The molecule has 9 nitrogen and oxygen atoms in total. The van der Waals surface area contributed by atoms with E-state index in [2.05, 4.69) is 0 Å². The van der Waals surface area contributed by atoms with Gasteiger partial charge in [-0.05, 0) is 24.6 Å². The molecule has 0 fully saturated rings. The Bertz CT molecular complexity index is 1420. The van der Waals surface area contributed by atoms with Crippen molar-refractivity contribution >= 4 is 28.8 Å². The summed E-state index contributed by atoms with van der Waals surface area (Å²) in [6.45, 7) is 3.85. The van der Waals surface area contributed by atoms with Crippen LogP contribution in [0.3, 0.4) is 0 Å². The molecule has 0 amide bonds. The first kappa shape index (κ1) is 20.9. The van der Waals surface area contributed by atoms with Gasteiger partial charge < -0.3 is 14.2 Å². The van der Waals surface area contributed by atoms with Crippen LogP contribution in [0, 0.1) is 0 Å². The van der Waals surface area contributed by atoms with E-state index in [0.29, 0.717) is 22.5 Å². The number of cyclic esters (lactones) is 1. The molecule has 33 heavy (non-hydrogen) atoms. The van der Waals surface area contributed by atoms with E-state index in [0.717, 1.165) is 5.39 Å². The third-order valence-corrected chi connectivity index (χ3v) is 6.05. The minimum absolute atomic E-state index is 0.0761. The lowest BCUT2D eigenvalue weighted by atomic mass is 9.85. The molecule has 9 heteroatoms. The minimum atomic E-state index is -1.75. The maximum absolute atomic E-state index is 13.7. The predicted octanol–water partition coefficient (Wildman–Crippen LogP) is 2.71. The van der Waals surface area contributed by atoms with Crippen molar-refractivity contribution in [1.29, 1.82) is 0 Å². The molecule has 0 saturated carbocycles. The highest BCUT2D eigenvalue weighted by atomic mass is 16.6. The number of rotatable bonds is 3. The second kappa shape index (κ2) is 7.26. The smallest absolute Gasteiger partial charge is 0.355 e. The van der Waals surface area contributed by atoms with Crippen LogP contribution in [0.15, 0.2) is 41.2 Å². The molecule has 4 heterocycles. The Morgan fingerprint density at radius 2 is 1.94 bits per heavy atom. The second-order valence-electron chi connectivity index (χ2n) is 8.03. The summed E-state index contributed by atoms with van der Waals surface area (Å²) in [6.07, 6.45) is -0.947. The van der Waals surface area contributed by atoms with E-state index in [1.54, 1.807) is 13.0 Å². The van der Waals surface area contributed by atoms with Crippen molar-refractivity contribution in [3.05, 3.63) is 63.4 Å². The molecule has 0 radical (unpaired) electrons. The van der Waals surface area contributed by atoms with Gasteiger partial charge in [0.1, 0.15) is 6.61 Å². The molecular formula is C24H20N2O7. The summed E-state index contributed by atoms with van der Waals surface area (Å²) in [5.74, 6) is -1.98. The van der Waals surface area contributed by atoms with E-state index in [1.807, 2.05) is 30.3 Å². The molecule has 0 bridgehead atoms. The van der Waals surface area contributed by atoms with Gasteiger partial charge >= 0.3 is 17.9 Å². The monoisotopic (exact) mass is 448 g/mol. The van der Waals surface area contributed by atoms with Gasteiger partial charge in [-0.2, -0.15) is 0 Å². The summed E-state index contributed by atoms with van der Waals surface area (Å²) in [7, 11) is 0. The zero-order chi connectivity index (χ0) is 23.5. The molecule has 1 unspecified atom stereocenters. The molecule has 2 aliphatic rings. The van der Waals surface area contributed by atoms with Gasteiger partial charge in [0.15, 0.2) is 0 Å². The average molecular weight is 448 g/mol. The van der Waals surface area contributed by atoms with E-state index in [4.69, 9.17) is 19.2 Å². The van der Waals surface area contributed by atoms with Crippen LogP contribution < -0.4 is 5.56 Å². The number of para-hydroxylation sites is 1. The molecule has 2 aliphatic heterocycles. The minimum Gasteiger partial charge on any atom is -0.457 e. The number of ether oxygens (including phenoxy) is 3. The van der Waals surface area contributed by atoms with Crippen LogP contribution >= 0.6 is 0 Å². The predicted molar refractivity (Wildman–Crippen MR) is 115 cm³/mol. The maximum atomic E-state index is 13.7. The fourth-order valence-electron chi connectivity index (χ4n) is 4.63. The van der Waals surface area contributed by atoms with E-state index < -0.39 is 35.3 Å². The number of carbonyl (C=O) groups excluding carboxylic acids is 3. The van der Waals surface area contributed by atoms with Crippen LogP contribution in [0.1, 0.15) is 50.1 Å². The Hall–Kier alpha value is -4.01. The van der Waals surface area contributed by atoms with Crippen molar-refractivity contribution in [3.8, 4) is 11.4 Å². The van der Waals surface area contributed by atoms with Crippen LogP contribution in [-0.4, -0.2) is 27.5 Å². The van der Waals surface area contributed by atoms with Crippen LogP contribution in [0.25, 0.3) is 22.3 Å². The lowest BCUT2D eigenvalue weighted by molar-refractivity contribution is -0.188. The van der Waals surface area contributed by atoms with Gasteiger partial charge in [-0.3, -0.25) is 19.0 Å². The van der Waals surface area contributed by atoms with Crippen molar-refractivity contribution < 1.29 is 28.6 Å². The molecule has 0 N–H and O–H groups in total. The Morgan fingerprint density at radius 3 is 2.64 bits per heavy atom. The lowest BCUT2D eigenvalue weighted by Gasteiger charge is -2.35. The highest BCUT2D eigenvalue weighted by molar-refractivity contribution is 5.88. The Balaban J connectivity index is 1.84. The number of hydrogen-bond donors (Lipinski definition) is 0. The molecule has 168 valence electrons. The summed E-state index contributed by atoms with van der Waals surface area (Å²) in [4.78, 5) is 55.0. The number of fused-ring (bicyclic) bond motifs is 5. The molecule has 0 saturated heterocycles. The van der Waals surface area contributed by atoms with Crippen molar-refractivity contribution in [3.63, 3.8) is 0 Å². The highest BCUT2D eigenvalue weighted by Gasteiger charge is 2.50. The number of hydrogen-bond acceptors (Lipinski definition) is 8. The first-order valence-corrected chi connectivity index (χ1v) is 10.5. The molecule has 2 atom stereocenters. The largest absolute Gasteiger partial charge is 0.457 e. The summed E-state index contributed by atoms with van der Waals surface area (Å²) in [5.41, 5.74) is 0.228. The van der Waals surface area contributed by atoms with Crippen LogP contribution in [0.5, 0.6) is 0 Å². The van der Waals surface area contributed by atoms with Crippen LogP contribution in [0.2, 0.25) is 0 Å². The van der Waals surface area contributed by atoms with Crippen molar-refractivity contribution in [1.82, 2.24) is 9.55 Å². The standard InChI is InChI=1S/C24H20N2O7/c1-4-24(33-13(3)28)17-10-19-20-15(9-14-7-5-6-8-18(14)25-20)22(32-12(2)27)26(19)21(29)16(17)11-31-23(24)30/h5-10,22H,4,11H2,1-3H3/t22?,24-/m0/s1. The SMILES string of the molecule is CC[C@@]1(OC(C)=O)C(=O)OCc2c1cc1n(c2=O)C(OC(C)=O)c2cc3ccccc3nc2-1. The zero-order valence-electron chi connectivity index (χ0n) is 18.2. The molecular weight excluding hydrogens is 428 g/mol. The molecule has 2 aromatic heterocycles. The number of pyridine rings is 2.